The molecule has 1 rings (SSSR count). The average Bonchev–Trinajstić information content (AvgIpc) is 2.43. The van der Waals surface area contributed by atoms with E-state index in [1.807, 2.05) is 18.2 Å². The molecule has 0 bridgehead atoms. The number of benzene rings is 1. The first kappa shape index (κ1) is 15.7. The highest BCUT2D eigenvalue weighted by molar-refractivity contribution is 6.19. The number of halogens is 1. The zero-order valence-corrected chi connectivity index (χ0v) is 12.6. The highest BCUT2D eigenvalue weighted by Gasteiger charge is 2.06. The lowest BCUT2D eigenvalue weighted by Gasteiger charge is -2.14. The van der Waals surface area contributed by atoms with Crippen molar-refractivity contribution in [3.63, 3.8) is 0 Å². The Morgan fingerprint density at radius 1 is 1.37 bits per heavy atom. The molecular weight excluding hydrogens is 260 g/mol. The minimum atomic E-state index is 0.308. The van der Waals surface area contributed by atoms with E-state index in [9.17, 15) is 0 Å². The summed E-state index contributed by atoms with van der Waals surface area (Å²) in [5.41, 5.74) is 0.823. The standard InChI is InChI=1S/C16H21ClO2/c1-4-6-13(2)12-19-16-9-8-15(18-3)11-14(16)7-5-10-17/h8-9,11,13H,4,6,10,12H2,1-3H3. The second-order valence-corrected chi connectivity index (χ2v) is 4.77. The van der Waals surface area contributed by atoms with Gasteiger partial charge in [-0.2, -0.15) is 0 Å². The second-order valence-electron chi connectivity index (χ2n) is 4.50. The van der Waals surface area contributed by atoms with Crippen LogP contribution in [0.3, 0.4) is 0 Å². The molecule has 19 heavy (non-hydrogen) atoms. The third-order valence-corrected chi connectivity index (χ3v) is 2.92. The molecule has 0 heterocycles. The van der Waals surface area contributed by atoms with Gasteiger partial charge in [-0.15, -0.1) is 11.6 Å². The van der Waals surface area contributed by atoms with Crippen LogP contribution in [0, 0.1) is 17.8 Å². The average molecular weight is 281 g/mol. The van der Waals surface area contributed by atoms with Crippen molar-refractivity contribution >= 4 is 11.6 Å². The van der Waals surface area contributed by atoms with E-state index >= 15 is 0 Å². The Hall–Kier alpha value is -1.33. The van der Waals surface area contributed by atoms with Crippen LogP contribution in [0.15, 0.2) is 18.2 Å². The Morgan fingerprint density at radius 2 is 2.16 bits per heavy atom. The topological polar surface area (TPSA) is 18.5 Å². The van der Waals surface area contributed by atoms with Gasteiger partial charge in [0, 0.05) is 0 Å². The molecule has 2 nitrogen and oxygen atoms in total. The lowest BCUT2D eigenvalue weighted by molar-refractivity contribution is 0.250. The predicted molar refractivity (Wildman–Crippen MR) is 80.2 cm³/mol. The molecule has 0 aliphatic carbocycles. The van der Waals surface area contributed by atoms with E-state index in [1.165, 1.54) is 12.8 Å². The Labute approximate surface area is 121 Å². The van der Waals surface area contributed by atoms with Crippen molar-refractivity contribution in [3.8, 4) is 23.3 Å². The minimum absolute atomic E-state index is 0.308. The van der Waals surface area contributed by atoms with Gasteiger partial charge in [0.05, 0.1) is 25.2 Å². The summed E-state index contributed by atoms with van der Waals surface area (Å²) in [5.74, 6) is 8.27. The summed E-state index contributed by atoms with van der Waals surface area (Å²) in [6, 6.07) is 5.65. The van der Waals surface area contributed by atoms with Crippen LogP contribution in [0.4, 0.5) is 0 Å². The molecule has 1 unspecified atom stereocenters. The third-order valence-electron chi connectivity index (χ3n) is 2.78. The Bertz CT molecular complexity index is 446. The maximum absolute atomic E-state index is 5.85. The fourth-order valence-electron chi connectivity index (χ4n) is 1.80. The molecule has 1 atom stereocenters. The van der Waals surface area contributed by atoms with Crippen molar-refractivity contribution in [2.24, 2.45) is 5.92 Å². The number of alkyl halides is 1. The largest absolute Gasteiger partial charge is 0.497 e. The van der Waals surface area contributed by atoms with Crippen LogP contribution in [-0.2, 0) is 0 Å². The van der Waals surface area contributed by atoms with Crippen molar-refractivity contribution in [1.29, 1.82) is 0 Å². The molecule has 3 heteroatoms. The number of hydrogen-bond acceptors (Lipinski definition) is 2. The summed E-state index contributed by atoms with van der Waals surface area (Å²) >= 11 is 5.60. The summed E-state index contributed by atoms with van der Waals surface area (Å²) in [6.07, 6.45) is 2.34. The Morgan fingerprint density at radius 3 is 2.79 bits per heavy atom. The fourth-order valence-corrected chi connectivity index (χ4v) is 1.86. The van der Waals surface area contributed by atoms with Crippen LogP contribution >= 0.6 is 11.6 Å². The van der Waals surface area contributed by atoms with Crippen LogP contribution in [0.2, 0.25) is 0 Å². The molecule has 0 saturated carbocycles. The normalized spacial score (nSPS) is 11.4. The van der Waals surface area contributed by atoms with Crippen LogP contribution < -0.4 is 9.47 Å². The van der Waals surface area contributed by atoms with Crippen molar-refractivity contribution in [2.45, 2.75) is 26.7 Å². The first-order valence-electron chi connectivity index (χ1n) is 6.56. The molecule has 104 valence electrons. The van der Waals surface area contributed by atoms with Gasteiger partial charge in [-0.3, -0.25) is 0 Å². The summed E-state index contributed by atoms with van der Waals surface area (Å²) in [5, 5.41) is 0. The van der Waals surface area contributed by atoms with E-state index in [0.29, 0.717) is 18.4 Å². The summed E-state index contributed by atoms with van der Waals surface area (Å²) in [6.45, 7) is 5.08. The molecule has 0 spiro atoms. The molecular formula is C16H21ClO2. The molecule has 0 aromatic heterocycles. The fraction of sp³-hybridized carbons (Fsp3) is 0.500. The highest BCUT2D eigenvalue weighted by Crippen LogP contribution is 2.24. The van der Waals surface area contributed by atoms with Gasteiger partial charge in [0.2, 0.25) is 0 Å². The molecule has 1 aromatic carbocycles. The summed E-state index contributed by atoms with van der Waals surface area (Å²) < 4.78 is 11.0. The Kier molecular flexibility index (Phi) is 7.22. The second kappa shape index (κ2) is 8.72. The van der Waals surface area contributed by atoms with Crippen LogP contribution in [-0.4, -0.2) is 19.6 Å². The van der Waals surface area contributed by atoms with Crippen molar-refractivity contribution in [3.05, 3.63) is 23.8 Å². The molecule has 0 aliphatic rings. The van der Waals surface area contributed by atoms with E-state index in [2.05, 4.69) is 25.7 Å². The van der Waals surface area contributed by atoms with Crippen LogP contribution in [0.1, 0.15) is 32.3 Å². The van der Waals surface area contributed by atoms with Crippen molar-refractivity contribution in [2.75, 3.05) is 19.6 Å². The number of rotatable bonds is 6. The monoisotopic (exact) mass is 280 g/mol. The smallest absolute Gasteiger partial charge is 0.135 e. The summed E-state index contributed by atoms with van der Waals surface area (Å²) in [4.78, 5) is 0. The minimum Gasteiger partial charge on any atom is -0.497 e. The molecule has 0 fully saturated rings. The first-order chi connectivity index (χ1) is 9.21. The van der Waals surface area contributed by atoms with Crippen molar-refractivity contribution < 1.29 is 9.47 Å². The molecule has 0 saturated heterocycles. The van der Waals surface area contributed by atoms with Gasteiger partial charge in [-0.25, -0.2) is 0 Å². The molecule has 0 aliphatic heterocycles. The van der Waals surface area contributed by atoms with Crippen LogP contribution in [0.25, 0.3) is 0 Å². The lowest BCUT2D eigenvalue weighted by Crippen LogP contribution is -2.09. The predicted octanol–water partition coefficient (Wildman–Crippen LogP) is 4.10. The SMILES string of the molecule is CCCC(C)COc1ccc(OC)cc1C#CCCl. The maximum Gasteiger partial charge on any atom is 0.135 e. The molecule has 0 amide bonds. The number of hydrogen-bond donors (Lipinski definition) is 0. The molecule has 0 N–H and O–H groups in total. The van der Waals surface area contributed by atoms with Gasteiger partial charge in [0.25, 0.3) is 0 Å². The van der Waals surface area contributed by atoms with E-state index in [1.54, 1.807) is 7.11 Å². The van der Waals surface area contributed by atoms with Gasteiger partial charge >= 0.3 is 0 Å². The van der Waals surface area contributed by atoms with Crippen molar-refractivity contribution in [1.82, 2.24) is 0 Å². The maximum atomic E-state index is 5.85. The van der Waals surface area contributed by atoms with Gasteiger partial charge in [-0.05, 0) is 30.5 Å². The van der Waals surface area contributed by atoms with Gasteiger partial charge in [-0.1, -0.05) is 32.1 Å². The Balaban J connectivity index is 2.80. The van der Waals surface area contributed by atoms with E-state index in [0.717, 1.165) is 17.1 Å². The van der Waals surface area contributed by atoms with E-state index in [4.69, 9.17) is 21.1 Å². The van der Waals surface area contributed by atoms with Gasteiger partial charge in [0.15, 0.2) is 0 Å². The lowest BCUT2D eigenvalue weighted by atomic mass is 10.1. The highest BCUT2D eigenvalue weighted by atomic mass is 35.5. The van der Waals surface area contributed by atoms with Gasteiger partial charge in [0.1, 0.15) is 11.5 Å². The molecule has 1 aromatic rings. The first-order valence-corrected chi connectivity index (χ1v) is 7.10. The number of methoxy groups -OCH3 is 1. The van der Waals surface area contributed by atoms with Crippen LogP contribution in [0.5, 0.6) is 11.5 Å². The van der Waals surface area contributed by atoms with E-state index < -0.39 is 0 Å². The van der Waals surface area contributed by atoms with E-state index in [-0.39, 0.29) is 0 Å². The van der Waals surface area contributed by atoms with Gasteiger partial charge < -0.3 is 9.47 Å². The quantitative estimate of drug-likeness (QED) is 0.577. The third kappa shape index (κ3) is 5.44. The zero-order valence-electron chi connectivity index (χ0n) is 11.8. The zero-order chi connectivity index (χ0) is 14.1. The molecule has 0 radical (unpaired) electrons. The number of ether oxygens (including phenoxy) is 2. The summed E-state index contributed by atoms with van der Waals surface area (Å²) in [7, 11) is 1.64.